The Hall–Kier alpha value is -1.06. The predicted octanol–water partition coefficient (Wildman–Crippen LogP) is 1.58. The van der Waals surface area contributed by atoms with E-state index in [9.17, 15) is 14.7 Å². The summed E-state index contributed by atoms with van der Waals surface area (Å²) >= 11 is 0. The highest BCUT2D eigenvalue weighted by Gasteiger charge is 2.37. The first-order chi connectivity index (χ1) is 13.8. The van der Waals surface area contributed by atoms with Gasteiger partial charge >= 0.3 is 5.97 Å². The lowest BCUT2D eigenvalue weighted by molar-refractivity contribution is -0.163. The van der Waals surface area contributed by atoms with E-state index in [2.05, 4.69) is 6.92 Å². The minimum atomic E-state index is -2.22. The Bertz CT molecular complexity index is 388. The highest BCUT2D eigenvalue weighted by molar-refractivity contribution is 6.05. The summed E-state index contributed by atoms with van der Waals surface area (Å²) in [7, 11) is 0. The van der Waals surface area contributed by atoms with Crippen LogP contribution in [-0.4, -0.2) is 87.2 Å². The molecule has 0 fully saturated rings. The molecule has 1 unspecified atom stereocenters. The number of carbonyl (C=O) groups is 2. The van der Waals surface area contributed by atoms with Gasteiger partial charge in [0, 0.05) is 26.1 Å². The van der Waals surface area contributed by atoms with E-state index in [1.54, 1.807) is 4.90 Å². The van der Waals surface area contributed by atoms with E-state index in [0.29, 0.717) is 26.1 Å². The van der Waals surface area contributed by atoms with Crippen LogP contribution in [0, 0.1) is 0 Å². The number of carboxylic acid groups (broad SMARTS) is 1. The maximum absolute atomic E-state index is 11.5. The summed E-state index contributed by atoms with van der Waals surface area (Å²) in [5, 5.41) is 43.6. The van der Waals surface area contributed by atoms with Gasteiger partial charge in [0.15, 0.2) is 5.78 Å². The zero-order valence-corrected chi connectivity index (χ0v) is 18.3. The molecule has 8 heteroatoms. The number of hydrogen-bond acceptors (Lipinski definition) is 7. The first kappa shape index (κ1) is 30.1. The Kier molecular flexibility index (Phi) is 21.0. The second-order valence-corrected chi connectivity index (χ2v) is 7.39. The highest BCUT2D eigenvalue weighted by Crippen LogP contribution is 2.14. The molecule has 0 aliphatic heterocycles. The fraction of sp³-hybridized carbons (Fsp3) is 0.905. The van der Waals surface area contributed by atoms with Gasteiger partial charge in [-0.25, -0.2) is 4.79 Å². The number of ketones is 1. The van der Waals surface area contributed by atoms with Crippen molar-refractivity contribution in [3.05, 3.63) is 0 Å². The van der Waals surface area contributed by atoms with E-state index in [4.69, 9.17) is 20.4 Å². The molecule has 8 nitrogen and oxygen atoms in total. The van der Waals surface area contributed by atoms with Crippen LogP contribution in [0.25, 0.3) is 0 Å². The monoisotopic (exact) mass is 421 g/mol. The van der Waals surface area contributed by atoms with Gasteiger partial charge in [0.05, 0.1) is 19.8 Å². The molecule has 0 saturated heterocycles. The molecule has 0 rings (SSSR count). The van der Waals surface area contributed by atoms with Crippen molar-refractivity contribution >= 4 is 11.8 Å². The smallest absolute Gasteiger partial charge is 0.343 e. The van der Waals surface area contributed by atoms with Crippen LogP contribution in [0.1, 0.15) is 78.1 Å². The topological polar surface area (TPSA) is 139 Å². The Morgan fingerprint density at radius 3 is 1.48 bits per heavy atom. The van der Waals surface area contributed by atoms with E-state index in [1.807, 2.05) is 0 Å². The van der Waals surface area contributed by atoms with Crippen LogP contribution in [0.15, 0.2) is 0 Å². The molecule has 0 aromatic carbocycles. The number of carbonyl (C=O) groups excluding carboxylic acids is 1. The van der Waals surface area contributed by atoms with Crippen molar-refractivity contribution in [2.75, 3.05) is 39.5 Å². The third-order valence-electron chi connectivity index (χ3n) is 4.72. The molecule has 0 amide bonds. The molecule has 0 spiro atoms. The molecule has 0 bridgehead atoms. The molecule has 1 atom stereocenters. The zero-order chi connectivity index (χ0) is 22.5. The van der Waals surface area contributed by atoms with Gasteiger partial charge in [0.25, 0.3) is 0 Å². The van der Waals surface area contributed by atoms with Gasteiger partial charge in [-0.3, -0.25) is 9.69 Å². The second kappa shape index (κ2) is 20.2. The number of carboxylic acids is 1. The van der Waals surface area contributed by atoms with Crippen LogP contribution in [0.4, 0.5) is 0 Å². The van der Waals surface area contributed by atoms with E-state index < -0.39 is 17.4 Å². The van der Waals surface area contributed by atoms with Crippen molar-refractivity contribution in [1.82, 2.24) is 4.90 Å². The van der Waals surface area contributed by atoms with Crippen LogP contribution >= 0.6 is 0 Å². The summed E-state index contributed by atoms with van der Waals surface area (Å²) in [5.41, 5.74) is -2.22. The number of aliphatic hydroxyl groups is 4. The Balaban J connectivity index is 0. The minimum absolute atomic E-state index is 0.0694. The van der Waals surface area contributed by atoms with E-state index in [0.717, 1.165) is 19.8 Å². The normalized spacial score (nSPS) is 12.9. The van der Waals surface area contributed by atoms with Gasteiger partial charge in [-0.2, -0.15) is 0 Å². The van der Waals surface area contributed by atoms with Crippen molar-refractivity contribution < 1.29 is 35.1 Å². The fourth-order valence-electron chi connectivity index (χ4n) is 2.72. The number of nitrogens with zero attached hydrogens (tertiary/aromatic N) is 1. The largest absolute Gasteiger partial charge is 0.479 e. The van der Waals surface area contributed by atoms with Crippen LogP contribution in [0.2, 0.25) is 0 Å². The van der Waals surface area contributed by atoms with Gasteiger partial charge < -0.3 is 25.5 Å². The third kappa shape index (κ3) is 17.5. The van der Waals surface area contributed by atoms with Crippen molar-refractivity contribution in [2.24, 2.45) is 0 Å². The summed E-state index contributed by atoms with van der Waals surface area (Å²) in [6, 6.07) is 0. The molecule has 174 valence electrons. The van der Waals surface area contributed by atoms with E-state index >= 15 is 0 Å². The van der Waals surface area contributed by atoms with Crippen molar-refractivity contribution in [2.45, 2.75) is 83.7 Å². The molecule has 5 N–H and O–H groups in total. The summed E-state index contributed by atoms with van der Waals surface area (Å²) in [6.45, 7) is 5.00. The molecule has 0 aromatic heterocycles. The average Bonchev–Trinajstić information content (AvgIpc) is 2.67. The molecule has 0 aliphatic carbocycles. The standard InChI is InChI=1S/C15H28O4.C6H15NO3/c1-3-4-5-6-7-8-9-10-11-12-13(16)15(2,19)14(17)18;8-4-1-7(2-5-9)3-6-10/h19H,3-12H2,1-2H3,(H,17,18);8-10H,1-6H2. The van der Waals surface area contributed by atoms with Crippen molar-refractivity contribution in [3.63, 3.8) is 0 Å². The van der Waals surface area contributed by atoms with Crippen LogP contribution in [-0.2, 0) is 9.59 Å². The summed E-state index contributed by atoms with van der Waals surface area (Å²) < 4.78 is 0. The first-order valence-corrected chi connectivity index (χ1v) is 10.8. The van der Waals surface area contributed by atoms with Gasteiger partial charge in [0.1, 0.15) is 0 Å². The predicted molar refractivity (Wildman–Crippen MR) is 113 cm³/mol. The molecule has 0 aliphatic rings. The molecular formula is C21H43NO7. The van der Waals surface area contributed by atoms with Gasteiger partial charge in [-0.05, 0) is 13.3 Å². The van der Waals surface area contributed by atoms with Crippen molar-refractivity contribution in [1.29, 1.82) is 0 Å². The zero-order valence-electron chi connectivity index (χ0n) is 18.3. The number of hydrogen-bond donors (Lipinski definition) is 5. The summed E-state index contributed by atoms with van der Waals surface area (Å²) in [6.07, 6.45) is 10.4. The molecule has 0 radical (unpaired) electrons. The molecule has 0 aromatic rings. The third-order valence-corrected chi connectivity index (χ3v) is 4.72. The van der Waals surface area contributed by atoms with Gasteiger partial charge in [-0.1, -0.05) is 58.3 Å². The average molecular weight is 422 g/mol. The quantitative estimate of drug-likeness (QED) is 0.166. The maximum Gasteiger partial charge on any atom is 0.343 e. The number of Topliss-reactive ketones (excluding diaryl/α,β-unsaturated/α-hetero) is 1. The minimum Gasteiger partial charge on any atom is -0.479 e. The SMILES string of the molecule is CCCCCCCCCCCC(=O)C(C)(O)C(=O)O.OCCN(CCO)CCO. The van der Waals surface area contributed by atoms with E-state index in [1.165, 1.54) is 38.5 Å². The maximum atomic E-state index is 11.5. The first-order valence-electron chi connectivity index (χ1n) is 10.8. The summed E-state index contributed by atoms with van der Waals surface area (Å²) in [5.74, 6) is -2.06. The summed E-state index contributed by atoms with van der Waals surface area (Å²) in [4.78, 5) is 23.9. The van der Waals surface area contributed by atoms with Crippen LogP contribution in [0.5, 0.6) is 0 Å². The molecular weight excluding hydrogens is 378 g/mol. The lowest BCUT2D eigenvalue weighted by Gasteiger charge is -2.17. The number of rotatable bonds is 18. The second-order valence-electron chi connectivity index (χ2n) is 7.39. The lowest BCUT2D eigenvalue weighted by Crippen LogP contribution is -2.43. The fourth-order valence-corrected chi connectivity index (χ4v) is 2.72. The molecule has 0 heterocycles. The Morgan fingerprint density at radius 2 is 1.14 bits per heavy atom. The number of aliphatic hydroxyl groups excluding tert-OH is 3. The number of aliphatic carboxylic acids is 1. The molecule has 0 saturated carbocycles. The van der Waals surface area contributed by atoms with Crippen molar-refractivity contribution in [3.8, 4) is 0 Å². The number of unbranched alkanes of at least 4 members (excludes halogenated alkanes) is 8. The van der Waals surface area contributed by atoms with E-state index in [-0.39, 0.29) is 26.2 Å². The Morgan fingerprint density at radius 1 is 0.759 bits per heavy atom. The molecule has 29 heavy (non-hydrogen) atoms. The lowest BCUT2D eigenvalue weighted by atomic mass is 9.96. The highest BCUT2D eigenvalue weighted by atomic mass is 16.4. The van der Waals surface area contributed by atoms with Gasteiger partial charge in [0.2, 0.25) is 5.60 Å². The van der Waals surface area contributed by atoms with Crippen LogP contribution < -0.4 is 0 Å². The Labute approximate surface area is 175 Å². The van der Waals surface area contributed by atoms with Crippen LogP contribution in [0.3, 0.4) is 0 Å². The van der Waals surface area contributed by atoms with Gasteiger partial charge in [-0.15, -0.1) is 0 Å².